The van der Waals surface area contributed by atoms with Crippen LogP contribution in [-0.4, -0.2) is 15.6 Å². The van der Waals surface area contributed by atoms with Crippen LogP contribution in [0.15, 0.2) is 53.3 Å². The van der Waals surface area contributed by atoms with Gasteiger partial charge in [-0.3, -0.25) is 4.57 Å². The van der Waals surface area contributed by atoms with Crippen molar-refractivity contribution in [1.82, 2.24) is 9.55 Å². The summed E-state index contributed by atoms with van der Waals surface area (Å²) in [6.07, 6.45) is 2.74. The summed E-state index contributed by atoms with van der Waals surface area (Å²) in [7, 11) is 0. The fourth-order valence-electron chi connectivity index (χ4n) is 2.40. The van der Waals surface area contributed by atoms with E-state index < -0.39 is 0 Å². The first-order valence-electron chi connectivity index (χ1n) is 6.61. The van der Waals surface area contributed by atoms with Crippen LogP contribution in [0.2, 0.25) is 0 Å². The maximum Gasteiger partial charge on any atom is 0.100 e. The summed E-state index contributed by atoms with van der Waals surface area (Å²) in [6, 6.07) is 14.7. The smallest absolute Gasteiger partial charge is 0.100 e. The Morgan fingerprint density at radius 2 is 2.05 bits per heavy atom. The van der Waals surface area contributed by atoms with E-state index in [1.165, 1.54) is 5.56 Å². The van der Waals surface area contributed by atoms with Crippen LogP contribution in [0.3, 0.4) is 0 Å². The fraction of sp³-hybridized carbons (Fsp3) is 0.188. The van der Waals surface area contributed by atoms with Gasteiger partial charge >= 0.3 is 0 Å². The van der Waals surface area contributed by atoms with Crippen LogP contribution in [0.5, 0.6) is 0 Å². The average molecular weight is 330 g/mol. The Balaban J connectivity index is 2.06. The highest BCUT2D eigenvalue weighted by Gasteiger charge is 2.08. The molecule has 3 rings (SSSR count). The Morgan fingerprint density at radius 1 is 1.25 bits per heavy atom. The van der Waals surface area contributed by atoms with Gasteiger partial charge in [0.2, 0.25) is 0 Å². The third kappa shape index (κ3) is 2.49. The molecule has 1 heterocycles. The van der Waals surface area contributed by atoms with Gasteiger partial charge in [-0.1, -0.05) is 18.2 Å². The minimum atomic E-state index is 0.168. The maximum atomic E-state index is 5.85. The van der Waals surface area contributed by atoms with Gasteiger partial charge in [0.05, 0.1) is 16.7 Å². The normalized spacial score (nSPS) is 12.8. The number of nitrogens with two attached hydrogens (primary N) is 1. The summed E-state index contributed by atoms with van der Waals surface area (Å²) in [4.78, 5) is 4.43. The maximum absolute atomic E-state index is 5.85. The summed E-state index contributed by atoms with van der Waals surface area (Å²) >= 11 is 3.65. The zero-order valence-corrected chi connectivity index (χ0v) is 12.8. The van der Waals surface area contributed by atoms with E-state index in [2.05, 4.69) is 49.7 Å². The highest BCUT2D eigenvalue weighted by Crippen LogP contribution is 2.26. The lowest BCUT2D eigenvalue weighted by Crippen LogP contribution is -2.17. The highest BCUT2D eigenvalue weighted by atomic mass is 79.9. The molecule has 1 unspecified atom stereocenters. The van der Waals surface area contributed by atoms with Crippen molar-refractivity contribution in [3.05, 3.63) is 58.8 Å². The van der Waals surface area contributed by atoms with Gasteiger partial charge in [-0.25, -0.2) is 4.98 Å². The van der Waals surface area contributed by atoms with Crippen LogP contribution in [0.4, 0.5) is 0 Å². The minimum Gasteiger partial charge on any atom is -0.328 e. The molecule has 3 nitrogen and oxygen atoms in total. The molecule has 0 aliphatic heterocycles. The van der Waals surface area contributed by atoms with Gasteiger partial charge in [-0.15, -0.1) is 0 Å². The Hall–Kier alpha value is -1.65. The lowest BCUT2D eigenvalue weighted by molar-refractivity contribution is 0.737. The molecular weight excluding hydrogens is 314 g/mol. The number of rotatable bonds is 3. The molecule has 0 bridgehead atoms. The molecule has 0 saturated heterocycles. The second-order valence-electron chi connectivity index (χ2n) is 5.07. The SMILES string of the molecule is CC(N)Cc1ccc(-n2cnc3ccccc32)c(Br)c1. The van der Waals surface area contributed by atoms with Crippen molar-refractivity contribution in [2.24, 2.45) is 5.73 Å². The summed E-state index contributed by atoms with van der Waals surface area (Å²) in [6.45, 7) is 2.02. The monoisotopic (exact) mass is 329 g/mol. The average Bonchev–Trinajstić information content (AvgIpc) is 2.82. The van der Waals surface area contributed by atoms with Gasteiger partial charge in [0.1, 0.15) is 6.33 Å². The largest absolute Gasteiger partial charge is 0.328 e. The molecule has 0 fully saturated rings. The van der Waals surface area contributed by atoms with Crippen LogP contribution >= 0.6 is 15.9 Å². The molecule has 0 spiro atoms. The number of fused-ring (bicyclic) bond motifs is 1. The quantitative estimate of drug-likeness (QED) is 0.796. The van der Waals surface area contributed by atoms with E-state index in [9.17, 15) is 0 Å². The molecule has 0 amide bonds. The second kappa shape index (κ2) is 5.38. The van der Waals surface area contributed by atoms with Gasteiger partial charge in [0.15, 0.2) is 0 Å². The summed E-state index contributed by atoms with van der Waals surface area (Å²) < 4.78 is 3.15. The van der Waals surface area contributed by atoms with Crippen LogP contribution < -0.4 is 5.73 Å². The molecule has 0 aliphatic rings. The first-order chi connectivity index (χ1) is 9.65. The molecule has 20 heavy (non-hydrogen) atoms. The molecule has 102 valence electrons. The van der Waals surface area contributed by atoms with Gasteiger partial charge in [0, 0.05) is 10.5 Å². The van der Waals surface area contributed by atoms with E-state index in [1.807, 2.05) is 31.5 Å². The van der Waals surface area contributed by atoms with Gasteiger partial charge in [-0.05, 0) is 59.1 Å². The first-order valence-corrected chi connectivity index (χ1v) is 7.41. The predicted molar refractivity (Wildman–Crippen MR) is 86.1 cm³/mol. The Labute approximate surface area is 126 Å². The van der Waals surface area contributed by atoms with E-state index in [-0.39, 0.29) is 6.04 Å². The zero-order valence-electron chi connectivity index (χ0n) is 11.3. The van der Waals surface area contributed by atoms with Crippen molar-refractivity contribution in [2.75, 3.05) is 0 Å². The van der Waals surface area contributed by atoms with Crippen molar-refractivity contribution in [2.45, 2.75) is 19.4 Å². The van der Waals surface area contributed by atoms with Crippen molar-refractivity contribution < 1.29 is 0 Å². The number of hydrogen-bond donors (Lipinski definition) is 1. The highest BCUT2D eigenvalue weighted by molar-refractivity contribution is 9.10. The molecule has 2 aromatic carbocycles. The summed E-state index contributed by atoms with van der Waals surface area (Å²) in [5, 5.41) is 0. The number of para-hydroxylation sites is 2. The number of nitrogens with zero attached hydrogens (tertiary/aromatic N) is 2. The van der Waals surface area contributed by atoms with E-state index in [0.29, 0.717) is 0 Å². The molecule has 1 aromatic heterocycles. The second-order valence-corrected chi connectivity index (χ2v) is 5.92. The van der Waals surface area contributed by atoms with Gasteiger partial charge in [0.25, 0.3) is 0 Å². The molecule has 0 aliphatic carbocycles. The standard InChI is InChI=1S/C16H16BrN3/c1-11(18)8-12-6-7-15(13(17)9-12)20-10-19-14-4-2-3-5-16(14)20/h2-7,9-11H,8,18H2,1H3. The van der Waals surface area contributed by atoms with E-state index in [0.717, 1.165) is 27.6 Å². The van der Waals surface area contributed by atoms with Gasteiger partial charge in [-0.2, -0.15) is 0 Å². The van der Waals surface area contributed by atoms with Crippen LogP contribution in [0.1, 0.15) is 12.5 Å². The Kier molecular flexibility index (Phi) is 3.59. The van der Waals surface area contributed by atoms with Crippen molar-refractivity contribution in [3.63, 3.8) is 0 Å². The van der Waals surface area contributed by atoms with E-state index in [1.54, 1.807) is 0 Å². The van der Waals surface area contributed by atoms with Crippen LogP contribution in [0.25, 0.3) is 16.7 Å². The molecule has 4 heteroatoms. The fourth-order valence-corrected chi connectivity index (χ4v) is 3.01. The number of aromatic nitrogens is 2. The summed E-state index contributed by atoms with van der Waals surface area (Å²) in [5.41, 5.74) is 10.3. The van der Waals surface area contributed by atoms with Crippen LogP contribution in [0, 0.1) is 0 Å². The zero-order chi connectivity index (χ0) is 14.1. The topological polar surface area (TPSA) is 43.8 Å². The Morgan fingerprint density at radius 3 is 2.80 bits per heavy atom. The number of hydrogen-bond acceptors (Lipinski definition) is 2. The number of imidazole rings is 1. The molecule has 2 N–H and O–H groups in total. The van der Waals surface area contributed by atoms with Crippen molar-refractivity contribution in [1.29, 1.82) is 0 Å². The van der Waals surface area contributed by atoms with E-state index in [4.69, 9.17) is 5.73 Å². The third-order valence-electron chi connectivity index (χ3n) is 3.28. The number of halogens is 1. The first kappa shape index (κ1) is 13.3. The lowest BCUT2D eigenvalue weighted by atomic mass is 10.1. The molecule has 0 radical (unpaired) electrons. The summed E-state index contributed by atoms with van der Waals surface area (Å²) in [5.74, 6) is 0. The third-order valence-corrected chi connectivity index (χ3v) is 3.92. The van der Waals surface area contributed by atoms with Crippen LogP contribution in [-0.2, 0) is 6.42 Å². The molecule has 3 aromatic rings. The lowest BCUT2D eigenvalue weighted by Gasteiger charge is -2.10. The predicted octanol–water partition coefficient (Wildman–Crippen LogP) is 3.68. The van der Waals surface area contributed by atoms with Crippen molar-refractivity contribution in [3.8, 4) is 5.69 Å². The van der Waals surface area contributed by atoms with Gasteiger partial charge < -0.3 is 5.73 Å². The number of benzene rings is 2. The molecule has 1 atom stereocenters. The molecular formula is C16H16BrN3. The molecule has 0 saturated carbocycles. The minimum absolute atomic E-state index is 0.168. The van der Waals surface area contributed by atoms with Crippen molar-refractivity contribution >= 4 is 27.0 Å². The van der Waals surface area contributed by atoms with E-state index >= 15 is 0 Å². The Bertz CT molecular complexity index is 746.